The number of benzene rings is 2. The number of amides is 2. The summed E-state index contributed by atoms with van der Waals surface area (Å²) in [5.41, 5.74) is 6.75. The largest absolute Gasteiger partial charge is 0.458 e. The molecule has 14 heteroatoms. The van der Waals surface area contributed by atoms with E-state index in [4.69, 9.17) is 10.5 Å². The minimum absolute atomic E-state index is 0.0259. The average molecular weight is 623 g/mol. The van der Waals surface area contributed by atoms with Gasteiger partial charge in [0.15, 0.2) is 0 Å². The van der Waals surface area contributed by atoms with Crippen LogP contribution in [0.4, 0.5) is 5.95 Å². The highest BCUT2D eigenvalue weighted by Gasteiger charge is 2.28. The van der Waals surface area contributed by atoms with Gasteiger partial charge in [-0.1, -0.05) is 30.3 Å². The number of carbonyl (C=O) groups is 3. The van der Waals surface area contributed by atoms with E-state index in [0.29, 0.717) is 23.9 Å². The first-order chi connectivity index (χ1) is 20.7. The van der Waals surface area contributed by atoms with E-state index in [1.165, 1.54) is 24.3 Å². The molecule has 0 spiro atoms. The molecule has 2 amide bonds. The molecule has 0 aliphatic carbocycles. The number of nitrogens with zero attached hydrogens (tertiary/aromatic N) is 1. The molecule has 232 valence electrons. The van der Waals surface area contributed by atoms with E-state index in [9.17, 15) is 27.6 Å². The Kier molecular flexibility index (Phi) is 9.53. The SMILES string of the molecule is CC(C)(C)OC(=O)[C@H](CCC(=O)NS(=O)(=O)c1ccccc1)NC(=O)c1ccc(CCc2c[nH]c3nc(N)[nH]c(=O)c23)cc1. The van der Waals surface area contributed by atoms with E-state index in [1.54, 1.807) is 57.3 Å². The van der Waals surface area contributed by atoms with Gasteiger partial charge in [0.2, 0.25) is 11.9 Å². The highest BCUT2D eigenvalue weighted by molar-refractivity contribution is 7.90. The standard InChI is InChI=1S/C30H34N6O7S/c1-30(2,3)43-28(40)22(15-16-23(37)36-44(41,42)21-7-5-4-6-8-21)33-26(38)19-12-9-18(10-13-19)11-14-20-17-32-25-24(20)27(39)35-29(31)34-25/h4-10,12-13,17,22H,11,14-16H2,1-3H3,(H,33,38)(H,36,37)(H4,31,32,34,35,39)/t22-/m0/s1. The van der Waals surface area contributed by atoms with Gasteiger partial charge >= 0.3 is 5.97 Å². The van der Waals surface area contributed by atoms with Crippen LogP contribution < -0.4 is 21.3 Å². The predicted octanol–water partition coefficient (Wildman–Crippen LogP) is 2.34. The van der Waals surface area contributed by atoms with E-state index < -0.39 is 39.4 Å². The summed E-state index contributed by atoms with van der Waals surface area (Å²) in [6, 6.07) is 12.9. The van der Waals surface area contributed by atoms with Crippen molar-refractivity contribution < 1.29 is 27.5 Å². The Morgan fingerprint density at radius 1 is 1.02 bits per heavy atom. The van der Waals surface area contributed by atoms with Crippen molar-refractivity contribution in [2.24, 2.45) is 0 Å². The number of hydrogen-bond acceptors (Lipinski definition) is 9. The number of aryl methyl sites for hydroxylation is 2. The predicted molar refractivity (Wildman–Crippen MR) is 163 cm³/mol. The van der Waals surface area contributed by atoms with Crippen LogP contribution in [-0.4, -0.2) is 52.8 Å². The number of hydrogen-bond donors (Lipinski definition) is 5. The number of nitrogens with two attached hydrogens (primary N) is 1. The van der Waals surface area contributed by atoms with Crippen LogP contribution in [0.15, 0.2) is 70.5 Å². The minimum Gasteiger partial charge on any atom is -0.458 e. The van der Waals surface area contributed by atoms with Crippen molar-refractivity contribution in [3.8, 4) is 0 Å². The number of esters is 1. The number of fused-ring (bicyclic) bond motifs is 1. The Labute approximate surface area is 253 Å². The molecule has 0 fully saturated rings. The molecule has 2 aromatic carbocycles. The van der Waals surface area contributed by atoms with Crippen molar-refractivity contribution in [2.45, 2.75) is 63.0 Å². The average Bonchev–Trinajstić information content (AvgIpc) is 3.36. The molecule has 1 atom stereocenters. The second-order valence-corrected chi connectivity index (χ2v) is 12.8. The maximum absolute atomic E-state index is 13.1. The van der Waals surface area contributed by atoms with Crippen LogP contribution in [0, 0.1) is 0 Å². The fourth-order valence-electron chi connectivity index (χ4n) is 4.42. The van der Waals surface area contributed by atoms with Crippen LogP contribution >= 0.6 is 0 Å². The Morgan fingerprint density at radius 3 is 2.36 bits per heavy atom. The van der Waals surface area contributed by atoms with Crippen LogP contribution in [0.5, 0.6) is 0 Å². The summed E-state index contributed by atoms with van der Waals surface area (Å²) in [6.45, 7) is 5.00. The number of rotatable bonds is 11. The van der Waals surface area contributed by atoms with Gasteiger partial charge in [0, 0.05) is 18.2 Å². The third-order valence-corrected chi connectivity index (χ3v) is 7.89. The van der Waals surface area contributed by atoms with Gasteiger partial charge in [0.25, 0.3) is 21.5 Å². The van der Waals surface area contributed by atoms with Crippen molar-refractivity contribution >= 4 is 44.8 Å². The molecular weight excluding hydrogens is 588 g/mol. The first-order valence-electron chi connectivity index (χ1n) is 13.8. The Morgan fingerprint density at radius 2 is 1.70 bits per heavy atom. The summed E-state index contributed by atoms with van der Waals surface area (Å²) in [4.78, 5) is 60.2. The van der Waals surface area contributed by atoms with E-state index in [2.05, 4.69) is 20.3 Å². The van der Waals surface area contributed by atoms with Gasteiger partial charge in [-0.25, -0.2) is 17.9 Å². The third kappa shape index (κ3) is 8.31. The zero-order chi connectivity index (χ0) is 32.1. The maximum atomic E-state index is 13.1. The number of ether oxygens (including phenoxy) is 1. The summed E-state index contributed by atoms with van der Waals surface area (Å²) in [6.07, 6.45) is 2.25. The molecule has 0 radical (unpaired) electrons. The lowest BCUT2D eigenvalue weighted by Gasteiger charge is -2.24. The first-order valence-corrected chi connectivity index (χ1v) is 15.3. The van der Waals surface area contributed by atoms with Gasteiger partial charge < -0.3 is 20.8 Å². The van der Waals surface area contributed by atoms with Crippen LogP contribution in [0.2, 0.25) is 0 Å². The topological polar surface area (TPSA) is 206 Å². The number of sulfonamides is 1. The Bertz CT molecular complexity index is 1830. The van der Waals surface area contributed by atoms with Gasteiger partial charge in [-0.05, 0) is 75.4 Å². The summed E-state index contributed by atoms with van der Waals surface area (Å²) in [7, 11) is -4.09. The first kappa shape index (κ1) is 31.9. The fraction of sp³-hybridized carbons (Fsp3) is 0.300. The molecule has 4 rings (SSSR count). The van der Waals surface area contributed by atoms with Crippen LogP contribution in [0.3, 0.4) is 0 Å². The Balaban J connectivity index is 1.39. The van der Waals surface area contributed by atoms with Gasteiger partial charge in [0.05, 0.1) is 10.3 Å². The third-order valence-electron chi connectivity index (χ3n) is 6.50. The quantitative estimate of drug-likeness (QED) is 0.155. The van der Waals surface area contributed by atoms with Gasteiger partial charge in [-0.15, -0.1) is 0 Å². The molecule has 44 heavy (non-hydrogen) atoms. The van der Waals surface area contributed by atoms with E-state index in [-0.39, 0.29) is 34.8 Å². The smallest absolute Gasteiger partial charge is 0.329 e. The number of aromatic amines is 2. The lowest BCUT2D eigenvalue weighted by atomic mass is 10.0. The van der Waals surface area contributed by atoms with Crippen molar-refractivity contribution in [3.63, 3.8) is 0 Å². The molecule has 13 nitrogen and oxygen atoms in total. The fourth-order valence-corrected chi connectivity index (χ4v) is 5.45. The Hall–Kier alpha value is -4.98. The number of carbonyl (C=O) groups excluding carboxylic acids is 3. The highest BCUT2D eigenvalue weighted by Crippen LogP contribution is 2.17. The monoisotopic (exact) mass is 622 g/mol. The molecule has 0 saturated heterocycles. The lowest BCUT2D eigenvalue weighted by molar-refractivity contribution is -0.157. The van der Waals surface area contributed by atoms with E-state index in [0.717, 1.165) is 11.1 Å². The molecule has 0 aliphatic rings. The lowest BCUT2D eigenvalue weighted by Crippen LogP contribution is -2.45. The number of H-pyrrole nitrogens is 2. The van der Waals surface area contributed by atoms with E-state index >= 15 is 0 Å². The summed E-state index contributed by atoms with van der Waals surface area (Å²) < 4.78 is 32.4. The number of anilines is 1. The van der Waals surface area contributed by atoms with Gasteiger partial charge in [0.1, 0.15) is 17.3 Å². The van der Waals surface area contributed by atoms with E-state index in [1.807, 2.05) is 4.72 Å². The summed E-state index contributed by atoms with van der Waals surface area (Å²) >= 11 is 0. The molecule has 0 saturated carbocycles. The molecule has 0 aliphatic heterocycles. The number of aromatic nitrogens is 3. The minimum atomic E-state index is -4.09. The van der Waals surface area contributed by atoms with Gasteiger partial charge in [-0.2, -0.15) is 4.98 Å². The van der Waals surface area contributed by atoms with Gasteiger partial charge in [-0.3, -0.25) is 19.4 Å². The molecule has 4 aromatic rings. The second kappa shape index (κ2) is 13.1. The zero-order valence-electron chi connectivity index (χ0n) is 24.5. The maximum Gasteiger partial charge on any atom is 0.329 e. The highest BCUT2D eigenvalue weighted by atomic mass is 32.2. The normalized spacial score (nSPS) is 12.4. The second-order valence-electron chi connectivity index (χ2n) is 11.1. The number of nitrogens with one attached hydrogen (secondary N) is 4. The molecular formula is C30H34N6O7S. The molecule has 2 heterocycles. The summed E-state index contributed by atoms with van der Waals surface area (Å²) in [5, 5.41) is 3.05. The summed E-state index contributed by atoms with van der Waals surface area (Å²) in [5.74, 6) is -2.14. The van der Waals surface area contributed by atoms with Crippen molar-refractivity contribution in [1.82, 2.24) is 25.0 Å². The van der Waals surface area contributed by atoms with Crippen LogP contribution in [0.1, 0.15) is 55.1 Å². The van der Waals surface area contributed by atoms with Crippen LogP contribution in [-0.2, 0) is 37.2 Å². The van der Waals surface area contributed by atoms with Crippen molar-refractivity contribution in [2.75, 3.05) is 5.73 Å². The van der Waals surface area contributed by atoms with Crippen molar-refractivity contribution in [1.29, 1.82) is 0 Å². The number of nitrogen functional groups attached to an aromatic ring is 1. The molecule has 6 N–H and O–H groups in total. The molecule has 0 unspecified atom stereocenters. The zero-order valence-corrected chi connectivity index (χ0v) is 25.3. The van der Waals surface area contributed by atoms with Crippen molar-refractivity contribution in [3.05, 3.63) is 87.8 Å². The molecule has 2 aromatic heterocycles. The molecule has 0 bridgehead atoms. The van der Waals surface area contributed by atoms with Crippen LogP contribution in [0.25, 0.3) is 11.0 Å².